The van der Waals surface area contributed by atoms with Crippen LogP contribution in [0.4, 0.5) is 0 Å². The van der Waals surface area contributed by atoms with Gasteiger partial charge in [-0.25, -0.2) is 0 Å². The third-order valence-corrected chi connectivity index (χ3v) is 1.70. The molecule has 0 aromatic rings. The van der Waals surface area contributed by atoms with Gasteiger partial charge in [0.05, 0.1) is 0 Å². The Balaban J connectivity index is 2.70. The van der Waals surface area contributed by atoms with Crippen LogP contribution in [0.5, 0.6) is 0 Å². The van der Waals surface area contributed by atoms with Crippen LogP contribution in [0.15, 0.2) is 21.9 Å². The second-order valence-corrected chi connectivity index (χ2v) is 2.71. The summed E-state index contributed by atoms with van der Waals surface area (Å²) in [7, 11) is 0. The molecule has 0 fully saturated rings. The SMILES string of the molecule is CC1=CC(Cl)N=NC1Cl. The van der Waals surface area contributed by atoms with Crippen LogP contribution >= 0.6 is 23.2 Å². The van der Waals surface area contributed by atoms with Crippen LogP contribution < -0.4 is 0 Å². The first kappa shape index (κ1) is 7.03. The maximum Gasteiger partial charge on any atom is 0.165 e. The topological polar surface area (TPSA) is 24.7 Å². The molecular formula is C5H6Cl2N2. The summed E-state index contributed by atoms with van der Waals surface area (Å²) in [5.74, 6) is 0. The fourth-order valence-electron chi connectivity index (χ4n) is 0.543. The van der Waals surface area contributed by atoms with E-state index in [1.807, 2.05) is 6.92 Å². The largest absolute Gasteiger partial charge is 0.168 e. The minimum absolute atomic E-state index is 0.306. The van der Waals surface area contributed by atoms with Crippen molar-refractivity contribution in [2.45, 2.75) is 17.9 Å². The maximum absolute atomic E-state index is 5.65. The van der Waals surface area contributed by atoms with E-state index in [4.69, 9.17) is 23.2 Å². The molecule has 0 saturated carbocycles. The molecule has 1 aliphatic heterocycles. The van der Waals surface area contributed by atoms with Gasteiger partial charge in [-0.2, -0.15) is 10.2 Å². The first-order valence-electron chi connectivity index (χ1n) is 2.56. The van der Waals surface area contributed by atoms with Crippen LogP contribution in [-0.4, -0.2) is 11.0 Å². The van der Waals surface area contributed by atoms with Gasteiger partial charge in [0.1, 0.15) is 0 Å². The van der Waals surface area contributed by atoms with E-state index >= 15 is 0 Å². The highest BCUT2D eigenvalue weighted by atomic mass is 35.5. The second kappa shape index (κ2) is 2.67. The molecular weight excluding hydrogens is 159 g/mol. The summed E-state index contributed by atoms with van der Waals surface area (Å²) in [5.41, 5.74) is 0.340. The predicted octanol–water partition coefficient (Wildman–Crippen LogP) is 2.53. The molecule has 2 unspecified atom stereocenters. The van der Waals surface area contributed by atoms with E-state index < -0.39 is 0 Å². The lowest BCUT2D eigenvalue weighted by Gasteiger charge is -2.09. The van der Waals surface area contributed by atoms with E-state index in [0.717, 1.165) is 5.57 Å². The molecule has 1 heterocycles. The third kappa shape index (κ3) is 1.66. The van der Waals surface area contributed by atoms with Gasteiger partial charge in [0.25, 0.3) is 0 Å². The number of halogens is 2. The van der Waals surface area contributed by atoms with Crippen molar-refractivity contribution in [1.29, 1.82) is 0 Å². The molecule has 0 aromatic carbocycles. The molecule has 4 heteroatoms. The normalized spacial score (nSPS) is 34.3. The van der Waals surface area contributed by atoms with Crippen LogP contribution in [-0.2, 0) is 0 Å². The van der Waals surface area contributed by atoms with E-state index in [1.165, 1.54) is 0 Å². The smallest absolute Gasteiger partial charge is 0.165 e. The zero-order chi connectivity index (χ0) is 6.85. The Bertz CT molecular complexity index is 164. The van der Waals surface area contributed by atoms with Gasteiger partial charge in [0, 0.05) is 0 Å². The molecule has 1 aliphatic rings. The van der Waals surface area contributed by atoms with Crippen LogP contribution in [0.3, 0.4) is 0 Å². The van der Waals surface area contributed by atoms with Crippen LogP contribution in [0.1, 0.15) is 6.92 Å². The van der Waals surface area contributed by atoms with E-state index in [1.54, 1.807) is 6.08 Å². The highest BCUT2D eigenvalue weighted by molar-refractivity contribution is 6.23. The minimum Gasteiger partial charge on any atom is -0.168 e. The van der Waals surface area contributed by atoms with Gasteiger partial charge in [0.2, 0.25) is 0 Å². The number of rotatable bonds is 0. The Morgan fingerprint density at radius 2 is 2.11 bits per heavy atom. The van der Waals surface area contributed by atoms with Crippen LogP contribution in [0, 0.1) is 0 Å². The molecule has 0 aromatic heterocycles. The van der Waals surface area contributed by atoms with Gasteiger partial charge < -0.3 is 0 Å². The van der Waals surface area contributed by atoms with Crippen molar-refractivity contribution in [3.8, 4) is 0 Å². The number of hydrogen-bond acceptors (Lipinski definition) is 2. The zero-order valence-corrected chi connectivity index (χ0v) is 6.39. The molecule has 0 spiro atoms. The van der Waals surface area contributed by atoms with Gasteiger partial charge in [0.15, 0.2) is 11.0 Å². The lowest BCUT2D eigenvalue weighted by molar-refractivity contribution is 0.820. The molecule has 1 rings (SSSR count). The van der Waals surface area contributed by atoms with Crippen molar-refractivity contribution in [3.63, 3.8) is 0 Å². The van der Waals surface area contributed by atoms with Crippen LogP contribution in [0.25, 0.3) is 0 Å². The molecule has 50 valence electrons. The van der Waals surface area contributed by atoms with E-state index in [9.17, 15) is 0 Å². The third-order valence-electron chi connectivity index (χ3n) is 1.05. The molecule has 2 nitrogen and oxygen atoms in total. The standard InChI is InChI=1S/C5H6Cl2N2/c1-3-2-4(6)8-9-5(3)7/h2,4-5H,1H3. The number of nitrogens with zero attached hydrogens (tertiary/aromatic N) is 2. The van der Waals surface area contributed by atoms with Crippen molar-refractivity contribution >= 4 is 23.2 Å². The number of hydrogen-bond donors (Lipinski definition) is 0. The highest BCUT2D eigenvalue weighted by Crippen LogP contribution is 2.19. The maximum atomic E-state index is 5.65. The summed E-state index contributed by atoms with van der Waals surface area (Å²) in [6.45, 7) is 1.88. The van der Waals surface area contributed by atoms with E-state index in [0.29, 0.717) is 0 Å². The minimum atomic E-state index is -0.319. The monoisotopic (exact) mass is 164 g/mol. The summed E-state index contributed by atoms with van der Waals surface area (Å²) < 4.78 is 0. The summed E-state index contributed by atoms with van der Waals surface area (Å²) >= 11 is 11.2. The Labute approximate surface area is 63.6 Å². The quantitative estimate of drug-likeness (QED) is 0.299. The molecule has 0 saturated heterocycles. The Kier molecular flexibility index (Phi) is 2.09. The molecule has 0 N–H and O–H groups in total. The molecule has 0 aliphatic carbocycles. The summed E-state index contributed by atoms with van der Waals surface area (Å²) in [6, 6.07) is 0. The molecule has 0 bridgehead atoms. The lowest BCUT2D eigenvalue weighted by Crippen LogP contribution is -2.04. The van der Waals surface area contributed by atoms with Crippen molar-refractivity contribution in [3.05, 3.63) is 11.6 Å². The van der Waals surface area contributed by atoms with Gasteiger partial charge >= 0.3 is 0 Å². The number of alkyl halides is 2. The van der Waals surface area contributed by atoms with E-state index in [-0.39, 0.29) is 11.0 Å². The predicted molar refractivity (Wildman–Crippen MR) is 37.9 cm³/mol. The summed E-state index contributed by atoms with van der Waals surface area (Å²) in [5, 5.41) is 7.33. The first-order valence-corrected chi connectivity index (χ1v) is 3.44. The van der Waals surface area contributed by atoms with Gasteiger partial charge in [-0.3, -0.25) is 0 Å². The van der Waals surface area contributed by atoms with Gasteiger partial charge in [-0.15, -0.1) is 0 Å². The second-order valence-electron chi connectivity index (χ2n) is 1.85. The van der Waals surface area contributed by atoms with Crippen molar-refractivity contribution in [2.75, 3.05) is 0 Å². The van der Waals surface area contributed by atoms with Crippen LogP contribution in [0.2, 0.25) is 0 Å². The highest BCUT2D eigenvalue weighted by Gasteiger charge is 2.11. The fourth-order valence-corrected chi connectivity index (χ4v) is 0.915. The van der Waals surface area contributed by atoms with E-state index in [2.05, 4.69) is 10.2 Å². The molecule has 0 amide bonds. The lowest BCUT2D eigenvalue weighted by atomic mass is 10.3. The average molecular weight is 165 g/mol. The Hall–Kier alpha value is -0.0800. The Morgan fingerprint density at radius 1 is 1.44 bits per heavy atom. The first-order chi connectivity index (χ1) is 4.20. The fraction of sp³-hybridized carbons (Fsp3) is 0.600. The Morgan fingerprint density at radius 3 is 2.56 bits per heavy atom. The molecule has 9 heavy (non-hydrogen) atoms. The molecule has 0 radical (unpaired) electrons. The summed E-state index contributed by atoms with van der Waals surface area (Å²) in [6.07, 6.45) is 1.78. The zero-order valence-electron chi connectivity index (χ0n) is 4.88. The molecule has 2 atom stereocenters. The van der Waals surface area contributed by atoms with Crippen molar-refractivity contribution in [1.82, 2.24) is 0 Å². The van der Waals surface area contributed by atoms with Gasteiger partial charge in [-0.05, 0) is 18.6 Å². The van der Waals surface area contributed by atoms with Crippen molar-refractivity contribution < 1.29 is 0 Å². The number of azo groups is 1. The van der Waals surface area contributed by atoms with Gasteiger partial charge in [-0.1, -0.05) is 23.2 Å². The summed E-state index contributed by atoms with van der Waals surface area (Å²) in [4.78, 5) is 0. The van der Waals surface area contributed by atoms with Crippen molar-refractivity contribution in [2.24, 2.45) is 10.2 Å². The average Bonchev–Trinajstić information content (AvgIpc) is 1.80.